The first-order chi connectivity index (χ1) is 12.6. The van der Waals surface area contributed by atoms with E-state index in [1.807, 2.05) is 12.1 Å². The van der Waals surface area contributed by atoms with Gasteiger partial charge in [-0.2, -0.15) is 0 Å². The number of anilines is 1. The predicted octanol–water partition coefficient (Wildman–Crippen LogP) is 4.21. The van der Waals surface area contributed by atoms with Crippen molar-refractivity contribution >= 4 is 22.6 Å². The van der Waals surface area contributed by atoms with Crippen molar-refractivity contribution in [1.29, 1.82) is 0 Å². The molecule has 0 radical (unpaired) electrons. The number of unbranched alkanes of at least 4 members (excludes halogenated alkanes) is 1. The molecule has 0 aliphatic carbocycles. The summed E-state index contributed by atoms with van der Waals surface area (Å²) in [5, 5.41) is 4.11. The van der Waals surface area contributed by atoms with E-state index in [2.05, 4.69) is 22.2 Å². The molecule has 0 aliphatic heterocycles. The minimum Gasteiger partial charge on any atom is -0.366 e. The number of benzene rings is 2. The van der Waals surface area contributed by atoms with Crippen molar-refractivity contribution in [3.05, 3.63) is 65.7 Å². The number of para-hydroxylation sites is 1. The van der Waals surface area contributed by atoms with Gasteiger partial charge in [-0.15, -0.1) is 0 Å². The number of nitrogens with one attached hydrogen (secondary N) is 1. The number of carbonyl (C=O) groups excluding carboxylic acids is 1. The second kappa shape index (κ2) is 7.91. The molecule has 1 atom stereocenters. The normalized spacial score (nSPS) is 12.1. The lowest BCUT2D eigenvalue weighted by molar-refractivity contribution is 0.100. The molecule has 6 heteroatoms. The molecule has 5 nitrogen and oxygen atoms in total. The molecule has 0 aliphatic rings. The van der Waals surface area contributed by atoms with Crippen LogP contribution >= 0.6 is 0 Å². The van der Waals surface area contributed by atoms with Crippen molar-refractivity contribution in [2.75, 3.05) is 5.32 Å². The van der Waals surface area contributed by atoms with Crippen molar-refractivity contribution in [1.82, 2.24) is 9.97 Å². The number of hydrogen-bond donors (Lipinski definition) is 2. The van der Waals surface area contributed by atoms with Crippen molar-refractivity contribution in [2.45, 2.75) is 32.2 Å². The maximum Gasteiger partial charge on any atom is 0.250 e. The molecule has 26 heavy (non-hydrogen) atoms. The van der Waals surface area contributed by atoms with Crippen LogP contribution in [0.3, 0.4) is 0 Å². The Morgan fingerprint density at radius 3 is 2.77 bits per heavy atom. The van der Waals surface area contributed by atoms with E-state index in [0.29, 0.717) is 22.3 Å². The highest BCUT2D eigenvalue weighted by atomic mass is 19.1. The Bertz CT molecular complexity index is 929. The van der Waals surface area contributed by atoms with Gasteiger partial charge >= 0.3 is 0 Å². The number of fused-ring (bicyclic) bond motifs is 1. The summed E-state index contributed by atoms with van der Waals surface area (Å²) in [5.41, 5.74) is 7.16. The molecule has 0 bridgehead atoms. The van der Waals surface area contributed by atoms with E-state index in [9.17, 15) is 9.18 Å². The Morgan fingerprint density at radius 1 is 1.23 bits per heavy atom. The van der Waals surface area contributed by atoms with Crippen LogP contribution in [0.1, 0.15) is 48.1 Å². The first-order valence-electron chi connectivity index (χ1n) is 8.65. The van der Waals surface area contributed by atoms with E-state index in [1.54, 1.807) is 18.2 Å². The number of halogens is 1. The topological polar surface area (TPSA) is 80.9 Å². The molecule has 3 aromatic rings. The van der Waals surface area contributed by atoms with Crippen LogP contribution in [-0.2, 0) is 0 Å². The second-order valence-electron chi connectivity index (χ2n) is 6.18. The van der Waals surface area contributed by atoms with E-state index in [-0.39, 0.29) is 11.9 Å². The second-order valence-corrected chi connectivity index (χ2v) is 6.18. The van der Waals surface area contributed by atoms with Crippen molar-refractivity contribution in [2.24, 2.45) is 5.73 Å². The lowest BCUT2D eigenvalue weighted by Gasteiger charge is -2.21. The fourth-order valence-corrected chi connectivity index (χ4v) is 3.02. The SMILES string of the molecule is CCCC[C@@H](Nc1ncnc2c(C(N)=O)cccc12)c1cccc(F)c1. The van der Waals surface area contributed by atoms with E-state index in [4.69, 9.17) is 5.73 Å². The zero-order valence-corrected chi connectivity index (χ0v) is 14.6. The summed E-state index contributed by atoms with van der Waals surface area (Å²) >= 11 is 0. The molecule has 0 saturated heterocycles. The molecular weight excluding hydrogens is 331 g/mol. The average molecular weight is 352 g/mol. The first-order valence-corrected chi connectivity index (χ1v) is 8.65. The van der Waals surface area contributed by atoms with Gasteiger partial charge in [0.2, 0.25) is 0 Å². The number of carbonyl (C=O) groups is 1. The molecule has 1 heterocycles. The minimum absolute atomic E-state index is 0.0963. The van der Waals surface area contributed by atoms with E-state index >= 15 is 0 Å². The Hall–Kier alpha value is -3.02. The predicted molar refractivity (Wildman–Crippen MR) is 100 cm³/mol. The standard InChI is InChI=1S/C20H21FN4O/c1-2-3-10-17(13-6-4-7-14(21)11-13)25-20-16-9-5-8-15(19(22)26)18(16)23-12-24-20/h4-9,11-12,17H,2-3,10H2,1H3,(H2,22,26)(H,23,24,25)/t17-/m1/s1. The van der Waals surface area contributed by atoms with Gasteiger partial charge in [0.25, 0.3) is 5.91 Å². The minimum atomic E-state index is -0.534. The van der Waals surface area contributed by atoms with Gasteiger partial charge in [-0.1, -0.05) is 38.0 Å². The van der Waals surface area contributed by atoms with E-state index < -0.39 is 5.91 Å². The van der Waals surface area contributed by atoms with Crippen LogP contribution in [0.4, 0.5) is 10.2 Å². The zero-order valence-electron chi connectivity index (χ0n) is 14.6. The van der Waals surface area contributed by atoms with Gasteiger partial charge < -0.3 is 11.1 Å². The number of primary amides is 1. The average Bonchev–Trinajstić information content (AvgIpc) is 2.64. The quantitative estimate of drug-likeness (QED) is 0.667. The fraction of sp³-hybridized carbons (Fsp3) is 0.250. The lowest BCUT2D eigenvalue weighted by Crippen LogP contribution is -2.14. The Morgan fingerprint density at radius 2 is 2.04 bits per heavy atom. The van der Waals surface area contributed by atoms with Crippen LogP contribution in [-0.4, -0.2) is 15.9 Å². The van der Waals surface area contributed by atoms with Crippen LogP contribution in [0, 0.1) is 5.82 Å². The van der Waals surface area contributed by atoms with Gasteiger partial charge in [0.1, 0.15) is 18.0 Å². The van der Waals surface area contributed by atoms with E-state index in [0.717, 1.165) is 24.8 Å². The molecule has 0 spiro atoms. The van der Waals surface area contributed by atoms with Crippen LogP contribution in [0.2, 0.25) is 0 Å². The van der Waals surface area contributed by atoms with Gasteiger partial charge in [0, 0.05) is 5.39 Å². The number of aromatic nitrogens is 2. The number of nitrogens with zero attached hydrogens (tertiary/aromatic N) is 2. The molecular formula is C20H21FN4O. The summed E-state index contributed by atoms with van der Waals surface area (Å²) in [5.74, 6) is -0.203. The summed E-state index contributed by atoms with van der Waals surface area (Å²) in [6, 6.07) is 11.7. The third kappa shape index (κ3) is 3.79. The van der Waals surface area contributed by atoms with Crippen molar-refractivity contribution in [3.8, 4) is 0 Å². The van der Waals surface area contributed by atoms with Gasteiger partial charge in [-0.05, 0) is 36.2 Å². The smallest absolute Gasteiger partial charge is 0.250 e. The third-order valence-electron chi connectivity index (χ3n) is 4.34. The Kier molecular flexibility index (Phi) is 5.41. The Balaban J connectivity index is 2.01. The number of nitrogens with two attached hydrogens (primary N) is 1. The summed E-state index contributed by atoms with van der Waals surface area (Å²) in [6.45, 7) is 2.11. The van der Waals surface area contributed by atoms with E-state index in [1.165, 1.54) is 18.5 Å². The monoisotopic (exact) mass is 352 g/mol. The molecule has 3 N–H and O–H groups in total. The Labute approximate surface area is 151 Å². The molecule has 2 aromatic carbocycles. The summed E-state index contributed by atoms with van der Waals surface area (Å²) < 4.78 is 13.7. The van der Waals surface area contributed by atoms with Crippen LogP contribution < -0.4 is 11.1 Å². The summed E-state index contributed by atoms with van der Waals surface area (Å²) in [4.78, 5) is 20.2. The molecule has 0 saturated carbocycles. The van der Waals surface area contributed by atoms with Crippen molar-refractivity contribution in [3.63, 3.8) is 0 Å². The molecule has 134 valence electrons. The lowest BCUT2D eigenvalue weighted by atomic mass is 10.0. The molecule has 1 aromatic heterocycles. The maximum atomic E-state index is 13.7. The molecule has 0 fully saturated rings. The van der Waals surface area contributed by atoms with Gasteiger partial charge in [0.15, 0.2) is 0 Å². The van der Waals surface area contributed by atoms with Crippen molar-refractivity contribution < 1.29 is 9.18 Å². The zero-order chi connectivity index (χ0) is 18.5. The first kappa shape index (κ1) is 17.8. The van der Waals surface area contributed by atoms with Gasteiger partial charge in [0.05, 0.1) is 17.1 Å². The molecule has 3 rings (SSSR count). The fourth-order valence-electron chi connectivity index (χ4n) is 3.02. The maximum absolute atomic E-state index is 13.7. The van der Waals surface area contributed by atoms with Gasteiger partial charge in [-0.25, -0.2) is 14.4 Å². The number of rotatable bonds is 7. The third-order valence-corrected chi connectivity index (χ3v) is 4.34. The highest BCUT2D eigenvalue weighted by Crippen LogP contribution is 2.28. The number of hydrogen-bond acceptors (Lipinski definition) is 4. The van der Waals surface area contributed by atoms with Gasteiger partial charge in [-0.3, -0.25) is 4.79 Å². The highest BCUT2D eigenvalue weighted by Gasteiger charge is 2.16. The van der Waals surface area contributed by atoms with Crippen LogP contribution in [0.15, 0.2) is 48.8 Å². The molecule has 1 amide bonds. The van der Waals surface area contributed by atoms with Crippen LogP contribution in [0.5, 0.6) is 0 Å². The highest BCUT2D eigenvalue weighted by molar-refractivity contribution is 6.06. The largest absolute Gasteiger partial charge is 0.366 e. The summed E-state index contributed by atoms with van der Waals surface area (Å²) in [6.07, 6.45) is 4.26. The van der Waals surface area contributed by atoms with Crippen LogP contribution in [0.25, 0.3) is 10.9 Å². The number of amides is 1. The molecule has 0 unspecified atom stereocenters. The summed E-state index contributed by atoms with van der Waals surface area (Å²) in [7, 11) is 0.